The number of nitrogens with one attached hydrogen (secondary N) is 2. The molecule has 0 unspecified atom stereocenters. The summed E-state index contributed by atoms with van der Waals surface area (Å²) in [6, 6.07) is 6.67. The van der Waals surface area contributed by atoms with Gasteiger partial charge in [-0.15, -0.1) is 0 Å². The summed E-state index contributed by atoms with van der Waals surface area (Å²) in [7, 11) is -4.13. The number of hydrogen-bond acceptors (Lipinski definition) is 9. The molecule has 340 valence electrons. The Morgan fingerprint density at radius 3 is 2.35 bits per heavy atom. The zero-order chi connectivity index (χ0) is 45.7. The monoisotopic (exact) mass is 909 g/mol. The molecule has 1 aromatic heterocycles. The number of sulfonamides is 1. The van der Waals surface area contributed by atoms with Crippen molar-refractivity contribution in [2.45, 2.75) is 140 Å². The second-order valence-electron chi connectivity index (χ2n) is 18.3. The van der Waals surface area contributed by atoms with E-state index in [1.807, 2.05) is 20.8 Å². The van der Waals surface area contributed by atoms with E-state index in [4.69, 9.17) is 21.1 Å². The minimum Gasteiger partial charge on any atom is -0.491 e. The van der Waals surface area contributed by atoms with Crippen molar-refractivity contribution < 1.29 is 55.3 Å². The molecule has 2 aliphatic carbocycles. The van der Waals surface area contributed by atoms with Crippen molar-refractivity contribution in [2.24, 2.45) is 17.8 Å². The second kappa shape index (κ2) is 17.2. The second-order valence-corrected chi connectivity index (χ2v) is 20.9. The Kier molecular flexibility index (Phi) is 13.0. The highest BCUT2D eigenvalue weighted by molar-refractivity contribution is 7.91. The Morgan fingerprint density at radius 2 is 1.76 bits per heavy atom. The molecule has 3 heterocycles. The number of rotatable bonds is 10. The average molecular weight is 910 g/mol. The third kappa shape index (κ3) is 9.65. The number of benzene rings is 1. The van der Waals surface area contributed by atoms with E-state index in [2.05, 4.69) is 15.0 Å². The lowest BCUT2D eigenvalue weighted by Gasteiger charge is -2.45. The van der Waals surface area contributed by atoms with Crippen molar-refractivity contribution in [1.29, 1.82) is 0 Å². The highest BCUT2D eigenvalue weighted by atomic mass is 35.5. The topological polar surface area (TPSA) is 185 Å². The molecule has 2 aromatic rings. The first-order valence-corrected chi connectivity index (χ1v) is 22.7. The van der Waals surface area contributed by atoms with Crippen LogP contribution in [0.25, 0.3) is 11.3 Å². The number of carbonyl (C=O) groups excluding carboxylic acids is 3. The molecule has 14 nitrogen and oxygen atoms in total. The number of halogens is 4. The molecule has 0 bridgehead atoms. The number of alkyl halides is 3. The maximum Gasteiger partial charge on any atom is 0.411 e. The largest absolute Gasteiger partial charge is 0.491 e. The van der Waals surface area contributed by atoms with Crippen molar-refractivity contribution in [3.63, 3.8) is 0 Å². The van der Waals surface area contributed by atoms with E-state index in [0.29, 0.717) is 56.5 Å². The first-order chi connectivity index (χ1) is 28.8. The Balaban J connectivity index is 1.39. The van der Waals surface area contributed by atoms with Gasteiger partial charge in [-0.2, -0.15) is 13.2 Å². The van der Waals surface area contributed by atoms with Crippen LogP contribution < -0.4 is 19.5 Å². The highest BCUT2D eigenvalue weighted by Gasteiger charge is 2.64. The number of fused-ring (bicyclic) bond motifs is 2. The van der Waals surface area contributed by atoms with Gasteiger partial charge in [0, 0.05) is 29.0 Å². The van der Waals surface area contributed by atoms with Gasteiger partial charge in [0.15, 0.2) is 0 Å². The molecule has 0 radical (unpaired) electrons. The van der Waals surface area contributed by atoms with Crippen molar-refractivity contribution in [3.8, 4) is 22.9 Å². The summed E-state index contributed by atoms with van der Waals surface area (Å²) in [4.78, 5) is 62.3. The minimum atomic E-state index is -5.11. The van der Waals surface area contributed by atoms with E-state index in [9.17, 15) is 41.1 Å². The fourth-order valence-corrected chi connectivity index (χ4v) is 9.92. The molecule has 4 amide bonds. The Labute approximate surface area is 365 Å². The van der Waals surface area contributed by atoms with Crippen LogP contribution in [0.3, 0.4) is 0 Å². The molecule has 7 atom stereocenters. The predicted octanol–water partition coefficient (Wildman–Crippen LogP) is 7.11. The summed E-state index contributed by atoms with van der Waals surface area (Å²) >= 11 is 6.52. The zero-order valence-corrected chi connectivity index (χ0v) is 37.4. The van der Waals surface area contributed by atoms with Crippen molar-refractivity contribution >= 4 is 45.4 Å². The van der Waals surface area contributed by atoms with Crippen LogP contribution in [0, 0.1) is 17.8 Å². The number of carboxylic acid groups (broad SMARTS) is 1. The van der Waals surface area contributed by atoms with Gasteiger partial charge in [-0.3, -0.25) is 24.0 Å². The van der Waals surface area contributed by atoms with Gasteiger partial charge >= 0.3 is 12.3 Å². The molecule has 2 saturated carbocycles. The zero-order valence-electron chi connectivity index (χ0n) is 35.8. The number of carbonyl (C=O) groups is 4. The third-order valence-electron chi connectivity index (χ3n) is 12.6. The van der Waals surface area contributed by atoms with Crippen LogP contribution in [-0.4, -0.2) is 105 Å². The summed E-state index contributed by atoms with van der Waals surface area (Å²) in [5, 5.41) is 13.5. The van der Waals surface area contributed by atoms with Gasteiger partial charge < -0.3 is 24.8 Å². The standard InChI is InChI=1S/C43H55ClF3N5O9S/c1-24(2)60-30-14-12-27(13-15-30)32-19-29(44)20-34(48-32)61-31-21-33-36(53)49-42(38(55)50-62(58,59)41(7)16-17-41)22-28(42)11-9-8-10-25(3)18-26(4)35(37(54)51(33)23-31)52(39(56)57)40(5,6)43(45,46)47/h9,11-15,19-20,24-26,28,31,33,35H,8,10,16-18,21-23H2,1-7H3,(H,49,53)(H,50,55)(H,56,57)/b11-9-/t25-,26+,28+,31+,33-,35-,42+/m0/s1. The maximum absolute atomic E-state index is 15.0. The predicted molar refractivity (Wildman–Crippen MR) is 224 cm³/mol. The van der Waals surface area contributed by atoms with Crippen LogP contribution in [0.2, 0.25) is 5.02 Å². The van der Waals surface area contributed by atoms with E-state index in [0.717, 1.165) is 4.90 Å². The van der Waals surface area contributed by atoms with Crippen LogP contribution in [0.15, 0.2) is 48.6 Å². The number of amides is 4. The molecule has 0 spiro atoms. The third-order valence-corrected chi connectivity index (χ3v) is 14.9. The molecule has 3 N–H and O–H groups in total. The molecular weight excluding hydrogens is 855 g/mol. The Hall–Kier alpha value is -4.58. The van der Waals surface area contributed by atoms with E-state index in [1.54, 1.807) is 42.5 Å². The average Bonchev–Trinajstić information content (AvgIpc) is 4.04. The lowest BCUT2D eigenvalue weighted by atomic mass is 9.85. The molecule has 2 aliphatic heterocycles. The van der Waals surface area contributed by atoms with Crippen molar-refractivity contribution in [2.75, 3.05) is 6.54 Å². The number of allylic oxidation sites excluding steroid dienone is 1. The first kappa shape index (κ1) is 46.9. The van der Waals surface area contributed by atoms with Crippen molar-refractivity contribution in [1.82, 2.24) is 24.8 Å². The van der Waals surface area contributed by atoms with E-state index >= 15 is 4.79 Å². The maximum atomic E-state index is 15.0. The summed E-state index contributed by atoms with van der Waals surface area (Å²) < 4.78 is 83.7. The van der Waals surface area contributed by atoms with Crippen LogP contribution in [0.4, 0.5) is 18.0 Å². The molecule has 62 heavy (non-hydrogen) atoms. The molecule has 3 fully saturated rings. The normalized spacial score (nSPS) is 28.4. The fourth-order valence-electron chi connectivity index (χ4n) is 8.41. The molecule has 1 aromatic carbocycles. The quantitative estimate of drug-likeness (QED) is 0.208. The van der Waals surface area contributed by atoms with Crippen molar-refractivity contribution in [3.05, 3.63) is 53.6 Å². The summed E-state index contributed by atoms with van der Waals surface area (Å²) in [5.41, 5.74) is -3.72. The summed E-state index contributed by atoms with van der Waals surface area (Å²) in [5.74, 6) is -4.08. The van der Waals surface area contributed by atoms with Gasteiger partial charge in [-0.25, -0.2) is 18.2 Å². The summed E-state index contributed by atoms with van der Waals surface area (Å²) in [6.07, 6.45) is -3.08. The molecule has 6 rings (SSSR count). The van der Waals surface area contributed by atoms with Crippen LogP contribution >= 0.6 is 11.6 Å². The van der Waals surface area contributed by atoms with Crippen LogP contribution in [-0.2, 0) is 24.4 Å². The first-order valence-electron chi connectivity index (χ1n) is 20.8. The van der Waals surface area contributed by atoms with Gasteiger partial charge in [0.1, 0.15) is 35.0 Å². The van der Waals surface area contributed by atoms with Gasteiger partial charge in [-0.1, -0.05) is 37.6 Å². The van der Waals surface area contributed by atoms with E-state index < -0.39 is 92.4 Å². The SMILES string of the molecule is CC(C)Oc1ccc(-c2cc(Cl)cc(O[C@@H]3C[C@H]4C(=O)N[C@]5(C(=O)NS(=O)(=O)C6(C)CC6)C[C@H]5/C=C\CC[C@H](C)C[C@@H](C)[C@H](N(C(=O)O)C(C)(C)C(F)(F)F)C(=O)N4C3)n2)cc1. The Morgan fingerprint density at radius 1 is 1.10 bits per heavy atom. The lowest BCUT2D eigenvalue weighted by molar-refractivity contribution is -0.222. The van der Waals surface area contributed by atoms with Gasteiger partial charge in [0.05, 0.1) is 23.1 Å². The number of ether oxygens (including phenoxy) is 2. The molecular formula is C43H55ClF3N5O9S. The van der Waals surface area contributed by atoms with Gasteiger partial charge in [0.25, 0.3) is 5.91 Å². The summed E-state index contributed by atoms with van der Waals surface area (Å²) in [6.45, 7) is 9.64. The Bertz CT molecular complexity index is 2200. The van der Waals surface area contributed by atoms with E-state index in [1.165, 1.54) is 19.9 Å². The number of aromatic nitrogens is 1. The molecule has 19 heteroatoms. The van der Waals surface area contributed by atoms with Gasteiger partial charge in [-0.05, 0) is 115 Å². The molecule has 1 saturated heterocycles. The van der Waals surface area contributed by atoms with Crippen LogP contribution in [0.1, 0.15) is 93.4 Å². The lowest BCUT2D eigenvalue weighted by Crippen LogP contribution is -2.66. The number of hydrogen-bond donors (Lipinski definition) is 3. The van der Waals surface area contributed by atoms with Crippen LogP contribution in [0.5, 0.6) is 11.6 Å². The number of nitrogens with zero attached hydrogens (tertiary/aromatic N) is 3. The van der Waals surface area contributed by atoms with E-state index in [-0.39, 0.29) is 47.1 Å². The minimum absolute atomic E-state index is 0.00161. The van der Waals surface area contributed by atoms with Gasteiger partial charge in [0.2, 0.25) is 27.7 Å². The fraction of sp³-hybridized carbons (Fsp3) is 0.605. The highest BCUT2D eigenvalue weighted by Crippen LogP contribution is 2.48. The molecule has 4 aliphatic rings. The smallest absolute Gasteiger partial charge is 0.411 e. The number of pyridine rings is 1.